The number of nitrogens with one attached hydrogen (secondary N) is 2. The van der Waals surface area contributed by atoms with Crippen molar-refractivity contribution in [1.82, 2.24) is 10.6 Å². The van der Waals surface area contributed by atoms with Crippen LogP contribution >= 0.6 is 0 Å². The molecule has 1 aliphatic heterocycles. The molecule has 1 aliphatic rings. The van der Waals surface area contributed by atoms with E-state index in [9.17, 15) is 19.3 Å². The predicted molar refractivity (Wildman–Crippen MR) is 75.7 cm³/mol. The maximum Gasteiger partial charge on any atom is 0.270 e. The first-order valence-corrected chi connectivity index (χ1v) is 6.60. The molecular weight excluding hydrogens is 277 g/mol. The van der Waals surface area contributed by atoms with Crippen molar-refractivity contribution in [3.63, 3.8) is 0 Å². The van der Waals surface area contributed by atoms with Gasteiger partial charge in [-0.25, -0.2) is 4.39 Å². The number of nitro benzene ring substituents is 1. The first-order chi connectivity index (χ1) is 9.99. The summed E-state index contributed by atoms with van der Waals surface area (Å²) in [7, 11) is 0. The molecule has 0 bridgehead atoms. The van der Waals surface area contributed by atoms with Crippen LogP contribution in [-0.4, -0.2) is 30.5 Å². The minimum atomic E-state index is -0.725. The average Bonchev–Trinajstić information content (AvgIpc) is 2.48. The lowest BCUT2D eigenvalue weighted by molar-refractivity contribution is -0.385. The number of benzene rings is 1. The summed E-state index contributed by atoms with van der Waals surface area (Å²) in [4.78, 5) is 22.2. The SMILES string of the molecule is Cc1cc([N+](=O)[O-])cc(C(=O)NCC2=CCNCC2)c1F. The van der Waals surface area contributed by atoms with Crippen LogP contribution < -0.4 is 10.6 Å². The Kier molecular flexibility index (Phi) is 4.64. The maximum atomic E-state index is 14.0. The summed E-state index contributed by atoms with van der Waals surface area (Å²) in [5.41, 5.74) is 0.552. The molecule has 0 unspecified atom stereocenters. The molecular formula is C14H16FN3O3. The zero-order valence-electron chi connectivity index (χ0n) is 11.6. The molecule has 0 aromatic heterocycles. The van der Waals surface area contributed by atoms with E-state index in [0.717, 1.165) is 37.2 Å². The van der Waals surface area contributed by atoms with Gasteiger partial charge in [0.15, 0.2) is 0 Å². The van der Waals surface area contributed by atoms with Crippen molar-refractivity contribution in [3.05, 3.63) is 50.8 Å². The summed E-state index contributed by atoms with van der Waals surface area (Å²) in [6, 6.07) is 2.08. The highest BCUT2D eigenvalue weighted by Gasteiger charge is 2.19. The number of rotatable bonds is 4. The van der Waals surface area contributed by atoms with Crippen molar-refractivity contribution in [2.45, 2.75) is 13.3 Å². The molecule has 112 valence electrons. The quantitative estimate of drug-likeness (QED) is 0.502. The number of hydrogen-bond acceptors (Lipinski definition) is 4. The first kappa shape index (κ1) is 15.1. The molecule has 7 heteroatoms. The fourth-order valence-corrected chi connectivity index (χ4v) is 2.14. The third kappa shape index (κ3) is 3.63. The van der Waals surface area contributed by atoms with Crippen LogP contribution in [0.5, 0.6) is 0 Å². The number of nitro groups is 1. The fourth-order valence-electron chi connectivity index (χ4n) is 2.14. The van der Waals surface area contributed by atoms with E-state index in [2.05, 4.69) is 10.6 Å². The van der Waals surface area contributed by atoms with Crippen molar-refractivity contribution in [1.29, 1.82) is 0 Å². The summed E-state index contributed by atoms with van der Waals surface area (Å²) in [6.45, 7) is 3.30. The molecule has 0 fully saturated rings. The Labute approximate surface area is 121 Å². The number of non-ortho nitro benzene ring substituents is 1. The molecule has 1 amide bonds. The van der Waals surface area contributed by atoms with Crippen LogP contribution in [0.3, 0.4) is 0 Å². The molecule has 0 aliphatic carbocycles. The lowest BCUT2D eigenvalue weighted by Crippen LogP contribution is -2.30. The molecule has 21 heavy (non-hydrogen) atoms. The molecule has 1 aromatic rings. The van der Waals surface area contributed by atoms with Crippen molar-refractivity contribution >= 4 is 11.6 Å². The number of carbonyl (C=O) groups is 1. The predicted octanol–water partition coefficient (Wildman–Crippen LogP) is 1.69. The molecule has 0 radical (unpaired) electrons. The van der Waals surface area contributed by atoms with E-state index >= 15 is 0 Å². The third-order valence-electron chi connectivity index (χ3n) is 3.33. The summed E-state index contributed by atoms with van der Waals surface area (Å²) in [5.74, 6) is -1.36. The van der Waals surface area contributed by atoms with Crippen LogP contribution in [0.1, 0.15) is 22.3 Å². The molecule has 0 saturated carbocycles. The second kappa shape index (κ2) is 6.45. The smallest absolute Gasteiger partial charge is 0.270 e. The average molecular weight is 293 g/mol. The van der Waals surface area contributed by atoms with Gasteiger partial charge in [0.05, 0.1) is 10.5 Å². The van der Waals surface area contributed by atoms with E-state index in [1.807, 2.05) is 6.08 Å². The van der Waals surface area contributed by atoms with Gasteiger partial charge in [-0.2, -0.15) is 0 Å². The van der Waals surface area contributed by atoms with Gasteiger partial charge < -0.3 is 10.6 Å². The lowest BCUT2D eigenvalue weighted by Gasteiger charge is -2.15. The van der Waals surface area contributed by atoms with Crippen molar-refractivity contribution in [3.8, 4) is 0 Å². The molecule has 1 aromatic carbocycles. The Hall–Kier alpha value is -2.28. The highest BCUT2D eigenvalue weighted by molar-refractivity contribution is 5.95. The molecule has 1 heterocycles. The number of aryl methyl sites for hydroxylation is 1. The third-order valence-corrected chi connectivity index (χ3v) is 3.33. The Morgan fingerprint density at radius 2 is 2.29 bits per heavy atom. The summed E-state index contributed by atoms with van der Waals surface area (Å²) in [5, 5.41) is 16.5. The van der Waals surface area contributed by atoms with Crippen LogP contribution in [0.25, 0.3) is 0 Å². The normalized spacial score (nSPS) is 14.5. The molecule has 2 rings (SSSR count). The second-order valence-corrected chi connectivity index (χ2v) is 4.88. The Morgan fingerprint density at radius 1 is 1.52 bits per heavy atom. The number of hydrogen-bond donors (Lipinski definition) is 2. The standard InChI is InChI=1S/C14H16FN3O3/c1-9-6-11(18(20)21)7-12(13(9)15)14(19)17-8-10-2-4-16-5-3-10/h2,6-7,16H,3-5,8H2,1H3,(H,17,19). The van der Waals surface area contributed by atoms with Gasteiger partial charge in [0, 0.05) is 25.2 Å². The molecule has 0 spiro atoms. The van der Waals surface area contributed by atoms with Gasteiger partial charge in [0.1, 0.15) is 5.82 Å². The fraction of sp³-hybridized carbons (Fsp3) is 0.357. The van der Waals surface area contributed by atoms with E-state index in [1.165, 1.54) is 6.92 Å². The Morgan fingerprint density at radius 3 is 2.90 bits per heavy atom. The van der Waals surface area contributed by atoms with Gasteiger partial charge in [0.2, 0.25) is 0 Å². The lowest BCUT2D eigenvalue weighted by atomic mass is 10.1. The van der Waals surface area contributed by atoms with Crippen LogP contribution in [0.2, 0.25) is 0 Å². The van der Waals surface area contributed by atoms with Crippen molar-refractivity contribution in [2.24, 2.45) is 0 Å². The summed E-state index contributed by atoms with van der Waals surface area (Å²) in [6.07, 6.45) is 2.79. The number of amides is 1. The van der Waals surface area contributed by atoms with Gasteiger partial charge in [-0.05, 0) is 25.5 Å². The maximum absolute atomic E-state index is 14.0. The number of nitrogens with zero attached hydrogens (tertiary/aromatic N) is 1. The second-order valence-electron chi connectivity index (χ2n) is 4.88. The number of carbonyl (C=O) groups excluding carboxylic acids is 1. The van der Waals surface area contributed by atoms with Gasteiger partial charge in [-0.3, -0.25) is 14.9 Å². The van der Waals surface area contributed by atoms with E-state index < -0.39 is 16.6 Å². The Bertz CT molecular complexity index is 614. The first-order valence-electron chi connectivity index (χ1n) is 6.60. The van der Waals surface area contributed by atoms with E-state index in [-0.39, 0.29) is 16.8 Å². The highest BCUT2D eigenvalue weighted by Crippen LogP contribution is 2.21. The summed E-state index contributed by atoms with van der Waals surface area (Å²) >= 11 is 0. The monoisotopic (exact) mass is 293 g/mol. The van der Waals surface area contributed by atoms with Crippen LogP contribution in [0.4, 0.5) is 10.1 Å². The zero-order chi connectivity index (χ0) is 15.4. The minimum absolute atomic E-state index is 0.0791. The van der Waals surface area contributed by atoms with Crippen molar-refractivity contribution in [2.75, 3.05) is 19.6 Å². The van der Waals surface area contributed by atoms with Crippen LogP contribution in [0.15, 0.2) is 23.8 Å². The van der Waals surface area contributed by atoms with Gasteiger partial charge in [0.25, 0.3) is 11.6 Å². The van der Waals surface area contributed by atoms with Crippen molar-refractivity contribution < 1.29 is 14.1 Å². The van der Waals surface area contributed by atoms with Gasteiger partial charge in [-0.15, -0.1) is 0 Å². The molecule has 6 nitrogen and oxygen atoms in total. The van der Waals surface area contributed by atoms with E-state index in [4.69, 9.17) is 0 Å². The minimum Gasteiger partial charge on any atom is -0.348 e. The largest absolute Gasteiger partial charge is 0.348 e. The summed E-state index contributed by atoms with van der Waals surface area (Å²) < 4.78 is 14.0. The Balaban J connectivity index is 2.14. The molecule has 2 N–H and O–H groups in total. The molecule has 0 saturated heterocycles. The van der Waals surface area contributed by atoms with Crippen LogP contribution in [0, 0.1) is 22.9 Å². The zero-order valence-corrected chi connectivity index (χ0v) is 11.6. The van der Waals surface area contributed by atoms with E-state index in [1.54, 1.807) is 0 Å². The van der Waals surface area contributed by atoms with E-state index in [0.29, 0.717) is 6.54 Å². The highest BCUT2D eigenvalue weighted by atomic mass is 19.1. The van der Waals surface area contributed by atoms with Gasteiger partial charge >= 0.3 is 0 Å². The van der Waals surface area contributed by atoms with Crippen LogP contribution in [-0.2, 0) is 0 Å². The van der Waals surface area contributed by atoms with Gasteiger partial charge in [-0.1, -0.05) is 11.6 Å². The molecule has 0 atom stereocenters. The number of halogens is 1. The topological polar surface area (TPSA) is 84.3 Å².